The first-order valence-corrected chi connectivity index (χ1v) is 6.57. The van der Waals surface area contributed by atoms with Crippen molar-refractivity contribution in [1.29, 1.82) is 0 Å². The average molecular weight is 234 g/mol. The van der Waals surface area contributed by atoms with E-state index in [1.54, 1.807) is 0 Å². The molecule has 1 unspecified atom stereocenters. The number of Topliss-reactive ketones (excluding diaryl/α,β-unsaturated/α-hetero) is 1. The highest BCUT2D eigenvalue weighted by atomic mass is 16.1. The molecule has 1 aliphatic rings. The lowest BCUT2D eigenvalue weighted by Crippen LogP contribution is -2.38. The second-order valence-electron chi connectivity index (χ2n) is 5.08. The molecule has 1 aliphatic heterocycles. The smallest absolute Gasteiger partial charge is 0.193 e. The van der Waals surface area contributed by atoms with E-state index in [4.69, 9.17) is 0 Å². The first-order chi connectivity index (χ1) is 8.20. The Morgan fingerprint density at radius 3 is 3.00 bits per heavy atom. The molecule has 2 rings (SSSR count). The number of hydrogen-bond acceptors (Lipinski definition) is 2. The summed E-state index contributed by atoms with van der Waals surface area (Å²) in [7, 11) is 1.93. The Labute approximate surface area is 103 Å². The quantitative estimate of drug-likeness (QED) is 0.747. The highest BCUT2D eigenvalue weighted by Gasteiger charge is 2.21. The molecule has 0 radical (unpaired) electrons. The van der Waals surface area contributed by atoms with E-state index in [2.05, 4.69) is 11.8 Å². The van der Waals surface area contributed by atoms with Crippen molar-refractivity contribution in [3.05, 3.63) is 24.0 Å². The number of aryl methyl sites for hydroxylation is 1. The number of carbonyl (C=O) groups is 1. The van der Waals surface area contributed by atoms with Crippen LogP contribution in [0.1, 0.15) is 36.7 Å². The maximum absolute atomic E-state index is 12.1. The van der Waals surface area contributed by atoms with Crippen molar-refractivity contribution >= 4 is 5.78 Å². The molecule has 2 heterocycles. The van der Waals surface area contributed by atoms with E-state index in [1.807, 2.05) is 29.9 Å². The Balaban J connectivity index is 1.93. The molecule has 17 heavy (non-hydrogen) atoms. The monoisotopic (exact) mass is 234 g/mol. The number of piperidine rings is 1. The van der Waals surface area contributed by atoms with Crippen LogP contribution in [-0.2, 0) is 7.05 Å². The van der Waals surface area contributed by atoms with Crippen molar-refractivity contribution < 1.29 is 4.79 Å². The third-order valence-corrected chi connectivity index (χ3v) is 3.78. The number of likely N-dealkylation sites (tertiary alicyclic amines) is 1. The van der Waals surface area contributed by atoms with Crippen molar-refractivity contribution in [2.45, 2.75) is 26.2 Å². The second-order valence-corrected chi connectivity index (χ2v) is 5.08. The summed E-state index contributed by atoms with van der Waals surface area (Å²) in [5.74, 6) is 1.03. The van der Waals surface area contributed by atoms with Crippen molar-refractivity contribution in [2.24, 2.45) is 13.0 Å². The topological polar surface area (TPSA) is 25.2 Å². The second kappa shape index (κ2) is 5.50. The molecule has 3 heteroatoms. The molecule has 1 fully saturated rings. The van der Waals surface area contributed by atoms with Crippen LogP contribution in [0.25, 0.3) is 0 Å². The summed E-state index contributed by atoms with van der Waals surface area (Å²) in [5.41, 5.74) is 0.823. The summed E-state index contributed by atoms with van der Waals surface area (Å²) < 4.78 is 1.91. The molecule has 0 spiro atoms. The Morgan fingerprint density at radius 2 is 2.35 bits per heavy atom. The summed E-state index contributed by atoms with van der Waals surface area (Å²) in [5, 5.41) is 0. The molecule has 0 saturated carbocycles. The van der Waals surface area contributed by atoms with Crippen molar-refractivity contribution in [2.75, 3.05) is 19.6 Å². The summed E-state index contributed by atoms with van der Waals surface area (Å²) >= 11 is 0. The summed E-state index contributed by atoms with van der Waals surface area (Å²) in [6, 6.07) is 3.84. The van der Waals surface area contributed by atoms with Crippen molar-refractivity contribution in [3.63, 3.8) is 0 Å². The fraction of sp³-hybridized carbons (Fsp3) is 0.643. The number of carbonyl (C=O) groups excluding carboxylic acids is 1. The number of aromatic nitrogens is 1. The standard InChI is InChI=1S/C14H22N2O/c1-3-12-6-4-9-16(10-12)11-14(17)13-7-5-8-15(13)2/h5,7-8,12H,3-4,6,9-11H2,1-2H3. The summed E-state index contributed by atoms with van der Waals surface area (Å²) in [6.45, 7) is 4.99. The largest absolute Gasteiger partial charge is 0.348 e. The molecule has 1 atom stereocenters. The maximum Gasteiger partial charge on any atom is 0.193 e. The zero-order valence-electron chi connectivity index (χ0n) is 10.9. The highest BCUT2D eigenvalue weighted by molar-refractivity contribution is 5.96. The van der Waals surface area contributed by atoms with Gasteiger partial charge in [-0.05, 0) is 37.4 Å². The van der Waals surface area contributed by atoms with E-state index >= 15 is 0 Å². The normalized spacial score (nSPS) is 21.6. The molecule has 0 N–H and O–H groups in total. The fourth-order valence-corrected chi connectivity index (χ4v) is 2.66. The third-order valence-electron chi connectivity index (χ3n) is 3.78. The molecular weight excluding hydrogens is 212 g/mol. The van der Waals surface area contributed by atoms with Crippen LogP contribution in [-0.4, -0.2) is 34.9 Å². The number of ketones is 1. The van der Waals surface area contributed by atoms with Gasteiger partial charge in [-0.2, -0.15) is 0 Å². The van der Waals surface area contributed by atoms with Gasteiger partial charge in [0, 0.05) is 19.8 Å². The summed E-state index contributed by atoms with van der Waals surface area (Å²) in [4.78, 5) is 14.4. The molecule has 1 aromatic rings. The number of nitrogens with zero attached hydrogens (tertiary/aromatic N) is 2. The molecule has 0 aliphatic carbocycles. The van der Waals surface area contributed by atoms with Crippen LogP contribution in [0.5, 0.6) is 0 Å². The Morgan fingerprint density at radius 1 is 1.53 bits per heavy atom. The van der Waals surface area contributed by atoms with Crippen molar-refractivity contribution in [3.8, 4) is 0 Å². The van der Waals surface area contributed by atoms with Gasteiger partial charge in [-0.3, -0.25) is 9.69 Å². The van der Waals surface area contributed by atoms with Gasteiger partial charge in [-0.1, -0.05) is 13.3 Å². The zero-order chi connectivity index (χ0) is 12.3. The molecule has 0 amide bonds. The number of rotatable bonds is 4. The maximum atomic E-state index is 12.1. The zero-order valence-corrected chi connectivity index (χ0v) is 10.9. The van der Waals surface area contributed by atoms with Gasteiger partial charge in [0.25, 0.3) is 0 Å². The van der Waals surface area contributed by atoms with Gasteiger partial charge < -0.3 is 4.57 Å². The SMILES string of the molecule is CCC1CCCN(CC(=O)c2cccn2C)C1. The summed E-state index contributed by atoms with van der Waals surface area (Å²) in [6.07, 6.45) is 5.72. The van der Waals surface area contributed by atoms with E-state index in [9.17, 15) is 4.79 Å². The third kappa shape index (κ3) is 2.97. The molecule has 3 nitrogen and oxygen atoms in total. The molecule has 1 aromatic heterocycles. The van der Waals surface area contributed by atoms with Crippen LogP contribution in [0, 0.1) is 5.92 Å². The predicted molar refractivity (Wildman–Crippen MR) is 69.2 cm³/mol. The van der Waals surface area contributed by atoms with E-state index in [-0.39, 0.29) is 5.78 Å². The van der Waals surface area contributed by atoms with Gasteiger partial charge >= 0.3 is 0 Å². The van der Waals surface area contributed by atoms with Gasteiger partial charge in [0.15, 0.2) is 5.78 Å². The van der Waals surface area contributed by atoms with Crippen LogP contribution in [0.4, 0.5) is 0 Å². The van der Waals surface area contributed by atoms with Gasteiger partial charge in [0.1, 0.15) is 0 Å². The van der Waals surface area contributed by atoms with Gasteiger partial charge in [0.2, 0.25) is 0 Å². The van der Waals surface area contributed by atoms with E-state index in [1.165, 1.54) is 19.3 Å². The van der Waals surface area contributed by atoms with Crippen molar-refractivity contribution in [1.82, 2.24) is 9.47 Å². The lowest BCUT2D eigenvalue weighted by atomic mass is 9.95. The van der Waals surface area contributed by atoms with E-state index in [0.717, 1.165) is 24.7 Å². The van der Waals surface area contributed by atoms with E-state index < -0.39 is 0 Å². The lowest BCUT2D eigenvalue weighted by molar-refractivity contribution is 0.0877. The lowest BCUT2D eigenvalue weighted by Gasteiger charge is -2.31. The molecular formula is C14H22N2O. The van der Waals surface area contributed by atoms with Crippen LogP contribution in [0.2, 0.25) is 0 Å². The minimum atomic E-state index is 0.245. The Kier molecular flexibility index (Phi) is 4.00. The minimum Gasteiger partial charge on any atom is -0.348 e. The van der Waals surface area contributed by atoms with Crippen LogP contribution >= 0.6 is 0 Å². The molecule has 94 valence electrons. The van der Waals surface area contributed by atoms with Gasteiger partial charge in [-0.15, -0.1) is 0 Å². The Bertz CT molecular complexity index is 383. The van der Waals surface area contributed by atoms with Gasteiger partial charge in [-0.25, -0.2) is 0 Å². The van der Waals surface area contributed by atoms with Crippen LogP contribution in [0.15, 0.2) is 18.3 Å². The van der Waals surface area contributed by atoms with Crippen LogP contribution < -0.4 is 0 Å². The predicted octanol–water partition coefficient (Wildman–Crippen LogP) is 2.33. The average Bonchev–Trinajstić information content (AvgIpc) is 2.76. The number of hydrogen-bond donors (Lipinski definition) is 0. The molecule has 0 aromatic carbocycles. The first kappa shape index (κ1) is 12.4. The first-order valence-electron chi connectivity index (χ1n) is 6.57. The Hall–Kier alpha value is -1.09. The molecule has 1 saturated heterocycles. The fourth-order valence-electron chi connectivity index (χ4n) is 2.66. The highest BCUT2D eigenvalue weighted by Crippen LogP contribution is 2.19. The van der Waals surface area contributed by atoms with Crippen LogP contribution in [0.3, 0.4) is 0 Å². The van der Waals surface area contributed by atoms with E-state index in [0.29, 0.717) is 6.54 Å². The minimum absolute atomic E-state index is 0.245. The van der Waals surface area contributed by atoms with Gasteiger partial charge in [0.05, 0.1) is 12.2 Å². The molecule has 0 bridgehead atoms.